The highest BCUT2D eigenvalue weighted by Gasteiger charge is 2.19. The second-order valence-electron chi connectivity index (χ2n) is 7.39. The van der Waals surface area contributed by atoms with Crippen molar-refractivity contribution in [2.75, 3.05) is 0 Å². The summed E-state index contributed by atoms with van der Waals surface area (Å²) in [6.45, 7) is 0.914. The molecule has 1 heterocycles. The topological polar surface area (TPSA) is 74.3 Å². The lowest BCUT2D eigenvalue weighted by atomic mass is 10.0. The molecular weight excluding hydrogens is 412 g/mol. The van der Waals surface area contributed by atoms with E-state index < -0.39 is 12.0 Å². The highest BCUT2D eigenvalue weighted by Crippen LogP contribution is 2.20. The van der Waals surface area contributed by atoms with Crippen molar-refractivity contribution in [3.63, 3.8) is 0 Å². The molecule has 0 fully saturated rings. The summed E-state index contributed by atoms with van der Waals surface area (Å²) in [5.41, 5.74) is 4.03. The molecule has 3 aromatic carbocycles. The van der Waals surface area contributed by atoms with Crippen molar-refractivity contribution in [2.45, 2.75) is 25.6 Å². The Morgan fingerprint density at radius 3 is 2.45 bits per heavy atom. The minimum atomic E-state index is -0.867. The first kappa shape index (κ1) is 21.0. The average molecular weight is 435 g/mol. The first-order valence-corrected chi connectivity index (χ1v) is 10.4. The van der Waals surface area contributed by atoms with Crippen LogP contribution in [0.15, 0.2) is 79.0 Å². The van der Waals surface area contributed by atoms with Crippen molar-refractivity contribution in [2.24, 2.45) is 0 Å². The van der Waals surface area contributed by atoms with E-state index in [1.54, 1.807) is 0 Å². The fourth-order valence-electron chi connectivity index (χ4n) is 3.46. The number of benzene rings is 3. The van der Waals surface area contributed by atoms with Crippen molar-refractivity contribution in [3.8, 4) is 5.75 Å². The van der Waals surface area contributed by atoms with E-state index >= 15 is 0 Å². The number of carbonyl (C=O) groups is 1. The lowest BCUT2D eigenvalue weighted by molar-refractivity contribution is -0.139. The Balaban J connectivity index is 1.33. The van der Waals surface area contributed by atoms with Gasteiger partial charge in [0.25, 0.3) is 0 Å². The molecule has 5 nitrogen and oxygen atoms in total. The number of aromatic nitrogens is 1. The molecule has 1 aromatic heterocycles. The maximum absolute atomic E-state index is 11.8. The van der Waals surface area contributed by atoms with Crippen molar-refractivity contribution in [1.82, 2.24) is 10.3 Å². The molecular formula is C25H23ClN2O3. The van der Waals surface area contributed by atoms with Gasteiger partial charge in [0.2, 0.25) is 0 Å². The van der Waals surface area contributed by atoms with E-state index in [9.17, 15) is 9.90 Å². The zero-order valence-corrected chi connectivity index (χ0v) is 17.6. The molecule has 4 aromatic rings. The van der Waals surface area contributed by atoms with Crippen LogP contribution >= 0.6 is 11.6 Å². The van der Waals surface area contributed by atoms with Crippen LogP contribution in [0.1, 0.15) is 16.7 Å². The van der Waals surface area contributed by atoms with Crippen LogP contribution in [-0.2, 0) is 24.4 Å². The van der Waals surface area contributed by atoms with E-state index in [4.69, 9.17) is 16.3 Å². The first-order chi connectivity index (χ1) is 15.1. The van der Waals surface area contributed by atoms with Gasteiger partial charge in [-0.1, -0.05) is 54.1 Å². The molecule has 1 atom stereocenters. The van der Waals surface area contributed by atoms with Gasteiger partial charge >= 0.3 is 5.97 Å². The van der Waals surface area contributed by atoms with E-state index in [0.717, 1.165) is 33.3 Å². The van der Waals surface area contributed by atoms with Crippen LogP contribution in [0.25, 0.3) is 10.9 Å². The van der Waals surface area contributed by atoms with Gasteiger partial charge < -0.3 is 20.1 Å². The second kappa shape index (κ2) is 9.69. The molecule has 31 heavy (non-hydrogen) atoms. The molecule has 158 valence electrons. The van der Waals surface area contributed by atoms with Crippen molar-refractivity contribution >= 4 is 28.5 Å². The Hall–Kier alpha value is -3.28. The highest BCUT2D eigenvalue weighted by atomic mass is 35.5. The fourth-order valence-corrected chi connectivity index (χ4v) is 3.59. The Bertz CT molecular complexity index is 1150. The van der Waals surface area contributed by atoms with Crippen LogP contribution in [0.4, 0.5) is 0 Å². The fraction of sp³-hybridized carbons (Fsp3) is 0.160. The molecule has 3 N–H and O–H groups in total. The van der Waals surface area contributed by atoms with Gasteiger partial charge in [0.05, 0.1) is 0 Å². The largest absolute Gasteiger partial charge is 0.489 e. The number of rotatable bonds is 9. The average Bonchev–Trinajstić information content (AvgIpc) is 3.19. The van der Waals surface area contributed by atoms with Gasteiger partial charge in [-0.05, 0) is 47.0 Å². The van der Waals surface area contributed by atoms with Gasteiger partial charge in [-0.15, -0.1) is 0 Å². The number of aliphatic carboxylic acids is 1. The normalized spacial score (nSPS) is 12.0. The highest BCUT2D eigenvalue weighted by molar-refractivity contribution is 6.30. The summed E-state index contributed by atoms with van der Waals surface area (Å²) >= 11 is 5.90. The number of hydrogen-bond acceptors (Lipinski definition) is 3. The van der Waals surface area contributed by atoms with Crippen LogP contribution < -0.4 is 10.1 Å². The maximum Gasteiger partial charge on any atom is 0.321 e. The number of carboxylic acids is 1. The van der Waals surface area contributed by atoms with Crippen LogP contribution in [0.3, 0.4) is 0 Å². The van der Waals surface area contributed by atoms with Gasteiger partial charge in [-0.25, -0.2) is 0 Å². The summed E-state index contributed by atoms with van der Waals surface area (Å²) in [5, 5.41) is 14.6. The minimum absolute atomic E-state index is 0.404. The van der Waals surface area contributed by atoms with Gasteiger partial charge in [0.1, 0.15) is 18.4 Å². The molecule has 0 saturated carbocycles. The van der Waals surface area contributed by atoms with Crippen LogP contribution in [-0.4, -0.2) is 22.1 Å². The first-order valence-electron chi connectivity index (χ1n) is 10.1. The molecule has 0 radical (unpaired) electrons. The van der Waals surface area contributed by atoms with Gasteiger partial charge in [0.15, 0.2) is 0 Å². The number of carboxylic acid groups (broad SMARTS) is 1. The third kappa shape index (κ3) is 5.45. The van der Waals surface area contributed by atoms with Crippen LogP contribution in [0.2, 0.25) is 5.02 Å². The quantitative estimate of drug-likeness (QED) is 0.339. The summed E-state index contributed by atoms with van der Waals surface area (Å²) in [5.74, 6) is -0.111. The molecule has 4 rings (SSSR count). The molecule has 0 saturated heterocycles. The molecule has 0 unspecified atom stereocenters. The van der Waals surface area contributed by atoms with E-state index in [1.165, 1.54) is 0 Å². The predicted molar refractivity (Wildman–Crippen MR) is 122 cm³/mol. The van der Waals surface area contributed by atoms with Gasteiger partial charge in [0, 0.05) is 35.1 Å². The van der Waals surface area contributed by atoms with E-state index in [1.807, 2.05) is 79.0 Å². The van der Waals surface area contributed by atoms with Crippen molar-refractivity contribution in [3.05, 3.63) is 101 Å². The molecule has 0 aliphatic carbocycles. The molecule has 6 heteroatoms. The predicted octanol–water partition coefficient (Wildman–Crippen LogP) is 5.19. The monoisotopic (exact) mass is 434 g/mol. The van der Waals surface area contributed by atoms with Crippen LogP contribution in [0, 0.1) is 0 Å². The molecule has 0 spiro atoms. The zero-order chi connectivity index (χ0) is 21.6. The summed E-state index contributed by atoms with van der Waals surface area (Å²) in [4.78, 5) is 15.0. The molecule has 0 aliphatic rings. The third-order valence-electron chi connectivity index (χ3n) is 5.19. The SMILES string of the molecule is O=C(O)[C@@H](Cc1c[nH]c2ccccc12)NCc1ccc(OCc2ccc(Cl)cc2)cc1. The molecule has 0 aliphatic heterocycles. The van der Waals surface area contributed by atoms with Crippen LogP contribution in [0.5, 0.6) is 5.75 Å². The third-order valence-corrected chi connectivity index (χ3v) is 5.44. The number of fused-ring (bicyclic) bond motifs is 1. The van der Waals surface area contributed by atoms with E-state index in [0.29, 0.717) is 24.6 Å². The molecule has 0 bridgehead atoms. The number of hydrogen-bond donors (Lipinski definition) is 3. The summed E-state index contributed by atoms with van der Waals surface area (Å²) < 4.78 is 5.80. The Morgan fingerprint density at radius 1 is 1.00 bits per heavy atom. The molecule has 0 amide bonds. The zero-order valence-electron chi connectivity index (χ0n) is 16.8. The van der Waals surface area contributed by atoms with Gasteiger partial charge in [-0.2, -0.15) is 0 Å². The van der Waals surface area contributed by atoms with Crippen molar-refractivity contribution in [1.29, 1.82) is 0 Å². The van der Waals surface area contributed by atoms with Crippen molar-refractivity contribution < 1.29 is 14.6 Å². The standard InChI is InChI=1S/C25H23ClN2O3/c26-20-9-5-18(6-10-20)16-31-21-11-7-17(8-12-21)14-27-24(25(29)30)13-19-15-28-23-4-2-1-3-22(19)23/h1-12,15,24,27-28H,13-14,16H2,(H,29,30)/t24-/m1/s1. The lowest BCUT2D eigenvalue weighted by Gasteiger charge is -2.14. The number of ether oxygens (including phenoxy) is 1. The Kier molecular flexibility index (Phi) is 6.55. The number of para-hydroxylation sites is 1. The summed E-state index contributed by atoms with van der Waals surface area (Å²) in [7, 11) is 0. The second-order valence-corrected chi connectivity index (χ2v) is 7.83. The number of H-pyrrole nitrogens is 1. The Labute approximate surface area is 185 Å². The summed E-state index contributed by atoms with van der Waals surface area (Å²) in [6.07, 6.45) is 2.29. The summed E-state index contributed by atoms with van der Waals surface area (Å²) in [6, 6.07) is 22.4. The van der Waals surface area contributed by atoms with Gasteiger partial charge in [-0.3, -0.25) is 4.79 Å². The Morgan fingerprint density at radius 2 is 1.71 bits per heavy atom. The number of nitrogens with one attached hydrogen (secondary N) is 2. The minimum Gasteiger partial charge on any atom is -0.489 e. The lowest BCUT2D eigenvalue weighted by Crippen LogP contribution is -2.38. The van der Waals surface area contributed by atoms with E-state index in [-0.39, 0.29) is 0 Å². The number of halogens is 1. The maximum atomic E-state index is 11.8. The number of aromatic amines is 1. The van der Waals surface area contributed by atoms with E-state index in [2.05, 4.69) is 10.3 Å². The smallest absolute Gasteiger partial charge is 0.321 e.